The Hall–Kier alpha value is -1.43. The van der Waals surface area contributed by atoms with Gasteiger partial charge >= 0.3 is 0 Å². The number of aromatic amines is 1. The minimum atomic E-state index is 0.582. The highest BCUT2D eigenvalue weighted by Crippen LogP contribution is 2.35. The van der Waals surface area contributed by atoms with Gasteiger partial charge in [0.15, 0.2) is 0 Å². The summed E-state index contributed by atoms with van der Waals surface area (Å²) in [6.45, 7) is 2.14. The molecule has 4 heterocycles. The molecule has 3 aromatic rings. The first-order valence-electron chi connectivity index (χ1n) is 7.25. The number of aromatic nitrogens is 2. The molecule has 1 N–H and O–H groups in total. The average Bonchev–Trinajstić information content (AvgIpc) is 3.28. The molecule has 1 fully saturated rings. The molecule has 1 atom stereocenters. The van der Waals surface area contributed by atoms with Crippen LogP contribution in [-0.2, 0) is 6.54 Å². The Balaban J connectivity index is 1.51. The third-order valence-electron chi connectivity index (χ3n) is 3.99. The van der Waals surface area contributed by atoms with Crippen molar-refractivity contribution in [2.75, 3.05) is 6.54 Å². The molecule has 0 aliphatic carbocycles. The maximum atomic E-state index is 4.52. The van der Waals surface area contributed by atoms with E-state index in [0.717, 1.165) is 12.4 Å². The van der Waals surface area contributed by atoms with E-state index >= 15 is 0 Å². The van der Waals surface area contributed by atoms with Crippen LogP contribution >= 0.6 is 22.7 Å². The average molecular weight is 315 g/mol. The lowest BCUT2D eigenvalue weighted by molar-refractivity contribution is 0.249. The van der Waals surface area contributed by atoms with Gasteiger partial charge in [-0.25, -0.2) is 4.98 Å². The summed E-state index contributed by atoms with van der Waals surface area (Å²) in [5.41, 5.74) is 1.21. The van der Waals surface area contributed by atoms with Crippen LogP contribution in [0.3, 0.4) is 0 Å². The zero-order valence-corrected chi connectivity index (χ0v) is 13.3. The summed E-state index contributed by atoms with van der Waals surface area (Å²) in [7, 11) is 0. The van der Waals surface area contributed by atoms with E-state index in [-0.39, 0.29) is 0 Å². The van der Waals surface area contributed by atoms with E-state index in [4.69, 9.17) is 0 Å². The second kappa shape index (κ2) is 5.75. The molecule has 3 nitrogen and oxygen atoms in total. The van der Waals surface area contributed by atoms with Crippen molar-refractivity contribution in [1.29, 1.82) is 0 Å². The van der Waals surface area contributed by atoms with Crippen LogP contribution in [0.25, 0.3) is 10.7 Å². The summed E-state index contributed by atoms with van der Waals surface area (Å²) < 4.78 is 0. The molecule has 0 spiro atoms. The first kappa shape index (κ1) is 13.2. The topological polar surface area (TPSA) is 31.9 Å². The first-order chi connectivity index (χ1) is 10.4. The SMILES string of the molecule is c1csc(-c2ncc(CN3CCC[C@H]3c3cccs3)[nH]2)c1. The quantitative estimate of drug-likeness (QED) is 0.766. The number of H-pyrrole nitrogens is 1. The van der Waals surface area contributed by atoms with Crippen molar-refractivity contribution in [2.24, 2.45) is 0 Å². The summed E-state index contributed by atoms with van der Waals surface area (Å²) in [4.78, 5) is 13.3. The van der Waals surface area contributed by atoms with Crippen LogP contribution in [0.15, 0.2) is 41.2 Å². The van der Waals surface area contributed by atoms with Gasteiger partial charge in [-0.2, -0.15) is 0 Å². The molecule has 0 saturated carbocycles. The molecule has 3 aromatic heterocycles. The number of imidazole rings is 1. The Morgan fingerprint density at radius 3 is 2.95 bits per heavy atom. The van der Waals surface area contributed by atoms with Gasteiger partial charge in [-0.1, -0.05) is 12.1 Å². The van der Waals surface area contributed by atoms with Crippen LogP contribution in [0.2, 0.25) is 0 Å². The standard InChI is InChI=1S/C16H17N3S2/c1-4-13(14-5-2-8-20-14)19(7-1)11-12-10-17-16(18-12)15-6-3-9-21-15/h2-3,5-6,8-10,13H,1,4,7,11H2,(H,17,18)/t13-/m0/s1. The number of likely N-dealkylation sites (tertiary alicyclic amines) is 1. The number of rotatable bonds is 4. The Bertz CT molecular complexity index is 685. The van der Waals surface area contributed by atoms with E-state index in [9.17, 15) is 0 Å². The maximum Gasteiger partial charge on any atom is 0.147 e. The smallest absolute Gasteiger partial charge is 0.147 e. The molecule has 0 amide bonds. The van der Waals surface area contributed by atoms with Gasteiger partial charge in [0.05, 0.1) is 4.88 Å². The Kier molecular flexibility index (Phi) is 3.63. The lowest BCUT2D eigenvalue weighted by Crippen LogP contribution is -2.22. The zero-order valence-electron chi connectivity index (χ0n) is 11.7. The Morgan fingerprint density at radius 2 is 2.14 bits per heavy atom. The molecule has 0 bridgehead atoms. The molecule has 0 aromatic carbocycles. The second-order valence-corrected chi connectivity index (χ2v) is 7.31. The summed E-state index contributed by atoms with van der Waals surface area (Å²) >= 11 is 3.60. The van der Waals surface area contributed by atoms with Crippen LogP contribution in [0.5, 0.6) is 0 Å². The highest BCUT2D eigenvalue weighted by atomic mass is 32.1. The number of thiophene rings is 2. The number of nitrogens with one attached hydrogen (secondary N) is 1. The summed E-state index contributed by atoms with van der Waals surface area (Å²) in [5, 5.41) is 4.27. The molecule has 1 aliphatic heterocycles. The zero-order chi connectivity index (χ0) is 14.1. The van der Waals surface area contributed by atoms with Crippen LogP contribution in [0.1, 0.15) is 29.5 Å². The molecule has 4 rings (SSSR count). The van der Waals surface area contributed by atoms with E-state index < -0.39 is 0 Å². The van der Waals surface area contributed by atoms with Gasteiger partial charge in [-0.15, -0.1) is 22.7 Å². The molecule has 5 heteroatoms. The van der Waals surface area contributed by atoms with Crippen molar-refractivity contribution < 1.29 is 0 Å². The van der Waals surface area contributed by atoms with Crippen LogP contribution in [0, 0.1) is 0 Å². The summed E-state index contributed by atoms with van der Waals surface area (Å²) in [6.07, 6.45) is 4.54. The lowest BCUT2D eigenvalue weighted by Gasteiger charge is -2.22. The fourth-order valence-corrected chi connectivity index (χ4v) is 4.59. The molecule has 1 saturated heterocycles. The fraction of sp³-hybridized carbons (Fsp3) is 0.312. The van der Waals surface area contributed by atoms with Gasteiger partial charge in [-0.05, 0) is 42.3 Å². The van der Waals surface area contributed by atoms with Crippen molar-refractivity contribution in [3.63, 3.8) is 0 Å². The second-order valence-electron chi connectivity index (χ2n) is 5.38. The lowest BCUT2D eigenvalue weighted by atomic mass is 10.2. The van der Waals surface area contributed by atoms with E-state index in [1.165, 1.54) is 34.8 Å². The normalized spacial score (nSPS) is 19.3. The van der Waals surface area contributed by atoms with Gasteiger partial charge in [0, 0.05) is 29.4 Å². The van der Waals surface area contributed by atoms with E-state index in [2.05, 4.69) is 49.9 Å². The van der Waals surface area contributed by atoms with Crippen LogP contribution in [-0.4, -0.2) is 21.4 Å². The Labute approximate surface area is 132 Å². The molecular weight excluding hydrogens is 298 g/mol. The number of hydrogen-bond donors (Lipinski definition) is 1. The molecule has 0 unspecified atom stereocenters. The highest BCUT2D eigenvalue weighted by molar-refractivity contribution is 7.13. The minimum absolute atomic E-state index is 0.582. The van der Waals surface area contributed by atoms with Crippen molar-refractivity contribution in [1.82, 2.24) is 14.9 Å². The highest BCUT2D eigenvalue weighted by Gasteiger charge is 2.27. The van der Waals surface area contributed by atoms with Gasteiger partial charge in [-0.3, -0.25) is 4.90 Å². The summed E-state index contributed by atoms with van der Waals surface area (Å²) in [6, 6.07) is 9.17. The minimum Gasteiger partial charge on any atom is -0.340 e. The predicted molar refractivity (Wildman–Crippen MR) is 88.6 cm³/mol. The third kappa shape index (κ3) is 2.69. The third-order valence-corrected chi connectivity index (χ3v) is 5.84. The van der Waals surface area contributed by atoms with Gasteiger partial charge < -0.3 is 4.98 Å². The summed E-state index contributed by atoms with van der Waals surface area (Å²) in [5.74, 6) is 0.992. The molecule has 1 aliphatic rings. The van der Waals surface area contributed by atoms with Gasteiger partial charge in [0.1, 0.15) is 5.82 Å². The monoisotopic (exact) mass is 315 g/mol. The predicted octanol–water partition coefficient (Wildman–Crippen LogP) is 4.54. The van der Waals surface area contributed by atoms with Crippen molar-refractivity contribution >= 4 is 22.7 Å². The van der Waals surface area contributed by atoms with E-state index in [1.807, 2.05) is 17.5 Å². The van der Waals surface area contributed by atoms with E-state index in [0.29, 0.717) is 6.04 Å². The van der Waals surface area contributed by atoms with Gasteiger partial charge in [0.25, 0.3) is 0 Å². The van der Waals surface area contributed by atoms with Crippen molar-refractivity contribution in [3.8, 4) is 10.7 Å². The van der Waals surface area contributed by atoms with E-state index in [1.54, 1.807) is 11.3 Å². The molecule has 0 radical (unpaired) electrons. The number of nitrogens with zero attached hydrogens (tertiary/aromatic N) is 2. The van der Waals surface area contributed by atoms with Crippen LogP contribution < -0.4 is 0 Å². The van der Waals surface area contributed by atoms with Gasteiger partial charge in [0.2, 0.25) is 0 Å². The largest absolute Gasteiger partial charge is 0.340 e. The fourth-order valence-electron chi connectivity index (χ4n) is 3.02. The van der Waals surface area contributed by atoms with Crippen molar-refractivity contribution in [3.05, 3.63) is 51.8 Å². The number of hydrogen-bond acceptors (Lipinski definition) is 4. The van der Waals surface area contributed by atoms with Crippen molar-refractivity contribution in [2.45, 2.75) is 25.4 Å². The molecule has 21 heavy (non-hydrogen) atoms. The first-order valence-corrected chi connectivity index (χ1v) is 9.01. The molecule has 108 valence electrons. The molecular formula is C16H17N3S2. The maximum absolute atomic E-state index is 4.52. The van der Waals surface area contributed by atoms with Crippen LogP contribution in [0.4, 0.5) is 0 Å². The Morgan fingerprint density at radius 1 is 1.24 bits per heavy atom.